The standard InChI is InChI=1S/C18H20Cl3N5O2/c1-9(25-28)11-7-13(19)24-14(8-11)26-5-3-12(4-6-26)23-18(27)17-16(21)15(20)10(2)22-17/h7-9,12,22H,3-6H2,1-2H3,(H,23,27). The van der Waals surface area contributed by atoms with Crippen molar-refractivity contribution in [2.24, 2.45) is 5.18 Å². The normalized spacial score (nSPS) is 16.1. The zero-order valence-electron chi connectivity index (χ0n) is 15.4. The summed E-state index contributed by atoms with van der Waals surface area (Å²) in [5.41, 5.74) is 1.67. The van der Waals surface area contributed by atoms with Gasteiger partial charge in [0.25, 0.3) is 5.91 Å². The number of aryl methyl sites for hydroxylation is 1. The highest BCUT2D eigenvalue weighted by Gasteiger charge is 2.25. The van der Waals surface area contributed by atoms with Crippen LogP contribution in [0.25, 0.3) is 0 Å². The van der Waals surface area contributed by atoms with E-state index in [1.807, 2.05) is 6.07 Å². The summed E-state index contributed by atoms with van der Waals surface area (Å²) in [6.07, 6.45) is 1.48. The maximum atomic E-state index is 12.5. The Morgan fingerprint density at radius 3 is 2.54 bits per heavy atom. The fraction of sp³-hybridized carbons (Fsp3) is 0.444. The van der Waals surface area contributed by atoms with Crippen LogP contribution >= 0.6 is 34.8 Å². The number of pyridine rings is 1. The number of nitrogens with zero attached hydrogens (tertiary/aromatic N) is 3. The van der Waals surface area contributed by atoms with Crippen molar-refractivity contribution < 1.29 is 4.79 Å². The van der Waals surface area contributed by atoms with Gasteiger partial charge in [-0.25, -0.2) is 4.98 Å². The van der Waals surface area contributed by atoms with Crippen LogP contribution in [0.2, 0.25) is 15.2 Å². The third kappa shape index (κ3) is 4.42. The van der Waals surface area contributed by atoms with Gasteiger partial charge in [-0.15, -0.1) is 0 Å². The smallest absolute Gasteiger partial charge is 0.269 e. The Morgan fingerprint density at radius 2 is 1.96 bits per heavy atom. The molecule has 2 aromatic heterocycles. The minimum absolute atomic E-state index is 0.0106. The summed E-state index contributed by atoms with van der Waals surface area (Å²) in [5, 5.41) is 6.97. The molecule has 1 aliphatic rings. The van der Waals surface area contributed by atoms with Crippen LogP contribution < -0.4 is 10.2 Å². The van der Waals surface area contributed by atoms with Crippen LogP contribution in [0.4, 0.5) is 5.82 Å². The van der Waals surface area contributed by atoms with Crippen LogP contribution in [0, 0.1) is 11.8 Å². The van der Waals surface area contributed by atoms with Gasteiger partial charge in [-0.3, -0.25) is 4.79 Å². The highest BCUT2D eigenvalue weighted by molar-refractivity contribution is 6.44. The van der Waals surface area contributed by atoms with Gasteiger partial charge in [-0.2, -0.15) is 4.91 Å². The molecule has 1 unspecified atom stereocenters. The minimum atomic E-state index is -0.489. The third-order valence-corrected chi connectivity index (χ3v) is 6.02. The topological polar surface area (TPSA) is 90.5 Å². The third-order valence-electron chi connectivity index (χ3n) is 4.88. The molecular weight excluding hydrogens is 425 g/mol. The molecule has 0 aliphatic carbocycles. The summed E-state index contributed by atoms with van der Waals surface area (Å²) in [5.74, 6) is 0.435. The van der Waals surface area contributed by atoms with E-state index in [0.717, 1.165) is 18.4 Å². The number of aromatic amines is 1. The fourth-order valence-corrected chi connectivity index (χ4v) is 3.83. The van der Waals surface area contributed by atoms with E-state index < -0.39 is 6.04 Å². The van der Waals surface area contributed by atoms with E-state index >= 15 is 0 Å². The number of nitroso groups, excluding NO2 is 1. The van der Waals surface area contributed by atoms with E-state index in [1.54, 1.807) is 19.9 Å². The van der Waals surface area contributed by atoms with Gasteiger partial charge in [-0.1, -0.05) is 40.0 Å². The SMILES string of the molecule is Cc1[nH]c(C(=O)NC2CCN(c3cc(C(C)N=O)cc(Cl)n3)CC2)c(Cl)c1Cl. The van der Waals surface area contributed by atoms with Gasteiger partial charge in [0.15, 0.2) is 0 Å². The molecule has 3 heterocycles. The van der Waals surface area contributed by atoms with Crippen molar-refractivity contribution in [1.29, 1.82) is 0 Å². The van der Waals surface area contributed by atoms with Crippen molar-refractivity contribution in [1.82, 2.24) is 15.3 Å². The first-order valence-electron chi connectivity index (χ1n) is 8.89. The molecule has 1 aliphatic heterocycles. The largest absolute Gasteiger partial charge is 0.356 e. The number of amides is 1. The second-order valence-corrected chi connectivity index (χ2v) is 7.99. The molecule has 0 saturated carbocycles. The number of aromatic nitrogens is 2. The van der Waals surface area contributed by atoms with Crippen LogP contribution in [-0.4, -0.2) is 35.0 Å². The summed E-state index contributed by atoms with van der Waals surface area (Å²) in [6.45, 7) is 4.86. The summed E-state index contributed by atoms with van der Waals surface area (Å²) >= 11 is 18.3. The molecule has 1 atom stereocenters. The highest BCUT2D eigenvalue weighted by Crippen LogP contribution is 2.30. The Hall–Kier alpha value is -1.83. The zero-order valence-corrected chi connectivity index (χ0v) is 17.7. The van der Waals surface area contributed by atoms with E-state index in [9.17, 15) is 9.70 Å². The summed E-state index contributed by atoms with van der Waals surface area (Å²) in [4.78, 5) is 32.7. The van der Waals surface area contributed by atoms with E-state index in [4.69, 9.17) is 34.8 Å². The lowest BCUT2D eigenvalue weighted by Gasteiger charge is -2.33. The Bertz CT molecular complexity index is 894. The summed E-state index contributed by atoms with van der Waals surface area (Å²) in [6, 6.07) is 3.01. The predicted molar refractivity (Wildman–Crippen MR) is 112 cm³/mol. The van der Waals surface area contributed by atoms with Gasteiger partial charge in [0, 0.05) is 24.8 Å². The molecule has 1 fully saturated rings. The lowest BCUT2D eigenvalue weighted by Crippen LogP contribution is -2.45. The second kappa shape index (κ2) is 8.68. The van der Waals surface area contributed by atoms with Crippen molar-refractivity contribution in [3.8, 4) is 0 Å². The van der Waals surface area contributed by atoms with Crippen LogP contribution in [0.15, 0.2) is 17.3 Å². The minimum Gasteiger partial charge on any atom is -0.356 e. The molecule has 0 radical (unpaired) electrons. The zero-order chi connectivity index (χ0) is 20.4. The maximum absolute atomic E-state index is 12.5. The number of nitrogens with one attached hydrogen (secondary N) is 2. The lowest BCUT2D eigenvalue weighted by atomic mass is 10.0. The molecule has 0 spiro atoms. The lowest BCUT2D eigenvalue weighted by molar-refractivity contribution is 0.0926. The van der Waals surface area contributed by atoms with Crippen molar-refractivity contribution >= 4 is 46.5 Å². The molecule has 1 amide bonds. The number of halogens is 3. The molecule has 10 heteroatoms. The number of hydrogen-bond acceptors (Lipinski definition) is 5. The first-order chi connectivity index (χ1) is 13.3. The molecule has 2 N–H and O–H groups in total. The molecule has 0 aromatic carbocycles. The van der Waals surface area contributed by atoms with Crippen LogP contribution in [0.5, 0.6) is 0 Å². The fourth-order valence-electron chi connectivity index (χ4n) is 3.20. The second-order valence-electron chi connectivity index (χ2n) is 6.85. The van der Waals surface area contributed by atoms with Crippen molar-refractivity contribution in [3.05, 3.63) is 49.2 Å². The molecule has 28 heavy (non-hydrogen) atoms. The van der Waals surface area contributed by atoms with Gasteiger partial charge < -0.3 is 15.2 Å². The average molecular weight is 445 g/mol. The first kappa shape index (κ1) is 20.9. The monoisotopic (exact) mass is 443 g/mol. The van der Waals surface area contributed by atoms with Gasteiger partial charge in [0.1, 0.15) is 22.7 Å². The van der Waals surface area contributed by atoms with Crippen molar-refractivity contribution in [2.45, 2.75) is 38.8 Å². The number of carbonyl (C=O) groups excluding carboxylic acids is 1. The molecule has 2 aromatic rings. The number of carbonyl (C=O) groups is 1. The number of anilines is 1. The molecule has 150 valence electrons. The van der Waals surface area contributed by atoms with Crippen molar-refractivity contribution in [3.63, 3.8) is 0 Å². The Balaban J connectivity index is 1.63. The van der Waals surface area contributed by atoms with Crippen LogP contribution in [0.3, 0.4) is 0 Å². The average Bonchev–Trinajstić information content (AvgIpc) is 2.95. The molecule has 7 nitrogen and oxygen atoms in total. The first-order valence-corrected chi connectivity index (χ1v) is 10.0. The molecule has 0 bridgehead atoms. The van der Waals surface area contributed by atoms with Gasteiger partial charge in [0.2, 0.25) is 0 Å². The Kier molecular flexibility index (Phi) is 6.47. The Morgan fingerprint density at radius 1 is 1.29 bits per heavy atom. The predicted octanol–water partition coefficient (Wildman–Crippen LogP) is 4.90. The summed E-state index contributed by atoms with van der Waals surface area (Å²) < 4.78 is 0. The molecular formula is C18H20Cl3N5O2. The quantitative estimate of drug-likeness (QED) is 0.506. The van der Waals surface area contributed by atoms with E-state index in [0.29, 0.717) is 34.8 Å². The number of hydrogen-bond donors (Lipinski definition) is 2. The summed E-state index contributed by atoms with van der Waals surface area (Å²) in [7, 11) is 0. The van der Waals surface area contributed by atoms with E-state index in [1.165, 1.54) is 0 Å². The molecule has 1 saturated heterocycles. The van der Waals surface area contributed by atoms with Crippen LogP contribution in [-0.2, 0) is 0 Å². The van der Waals surface area contributed by atoms with E-state index in [2.05, 4.69) is 25.4 Å². The van der Waals surface area contributed by atoms with Crippen LogP contribution in [0.1, 0.15) is 47.6 Å². The van der Waals surface area contributed by atoms with Gasteiger partial charge in [0.05, 0.1) is 10.0 Å². The maximum Gasteiger partial charge on any atom is 0.269 e. The number of rotatable bonds is 5. The van der Waals surface area contributed by atoms with Gasteiger partial charge >= 0.3 is 0 Å². The highest BCUT2D eigenvalue weighted by atomic mass is 35.5. The van der Waals surface area contributed by atoms with Crippen molar-refractivity contribution in [2.75, 3.05) is 18.0 Å². The molecule has 3 rings (SSSR count). The van der Waals surface area contributed by atoms with Gasteiger partial charge in [-0.05, 0) is 44.4 Å². The number of piperidine rings is 1. The Labute approximate surface area is 177 Å². The van der Waals surface area contributed by atoms with E-state index in [-0.39, 0.29) is 22.7 Å². The number of H-pyrrole nitrogens is 1.